The van der Waals surface area contributed by atoms with Gasteiger partial charge in [-0.25, -0.2) is 0 Å². The van der Waals surface area contributed by atoms with Crippen molar-refractivity contribution in [3.05, 3.63) is 51.3 Å². The van der Waals surface area contributed by atoms with E-state index >= 15 is 0 Å². The third kappa shape index (κ3) is 4.22. The van der Waals surface area contributed by atoms with Crippen LogP contribution < -0.4 is 5.56 Å². The van der Waals surface area contributed by atoms with Gasteiger partial charge in [-0.2, -0.15) is 0 Å². The predicted molar refractivity (Wildman–Crippen MR) is 97.8 cm³/mol. The van der Waals surface area contributed by atoms with Crippen LogP contribution in [0.5, 0.6) is 0 Å². The van der Waals surface area contributed by atoms with Gasteiger partial charge in [-0.3, -0.25) is 14.5 Å². The number of hydrogen-bond donors (Lipinski definition) is 0. The van der Waals surface area contributed by atoms with Crippen molar-refractivity contribution in [1.29, 1.82) is 0 Å². The lowest BCUT2D eigenvalue weighted by molar-refractivity contribution is -0.133. The summed E-state index contributed by atoms with van der Waals surface area (Å²) in [6.45, 7) is 7.78. The minimum atomic E-state index is 0.00228. The minimum Gasteiger partial charge on any atom is -0.361 e. The standard InChI is InChI=1S/C19H26N4O3/c1-14-17(15(2)26-20-14)5-7-19(25)23-10-8-22(9-11-23)13-16-4-6-18(24)21(3)12-16/h4,6,12H,5,7-11,13H2,1-3H3. The minimum absolute atomic E-state index is 0.00228. The van der Waals surface area contributed by atoms with Crippen LogP contribution in [-0.2, 0) is 24.8 Å². The summed E-state index contributed by atoms with van der Waals surface area (Å²) >= 11 is 0. The van der Waals surface area contributed by atoms with Crippen molar-refractivity contribution in [2.75, 3.05) is 26.2 Å². The van der Waals surface area contributed by atoms with Gasteiger partial charge in [0, 0.05) is 64.0 Å². The maximum absolute atomic E-state index is 12.5. The molecule has 3 rings (SSSR count). The number of nitrogens with zero attached hydrogens (tertiary/aromatic N) is 4. The molecule has 0 aliphatic carbocycles. The molecule has 7 nitrogen and oxygen atoms in total. The normalized spacial score (nSPS) is 15.4. The molecule has 1 aliphatic heterocycles. The fourth-order valence-electron chi connectivity index (χ4n) is 3.41. The second-order valence-corrected chi connectivity index (χ2v) is 6.95. The Kier molecular flexibility index (Phi) is 5.56. The van der Waals surface area contributed by atoms with E-state index in [-0.39, 0.29) is 11.5 Å². The summed E-state index contributed by atoms with van der Waals surface area (Å²) in [7, 11) is 1.77. The van der Waals surface area contributed by atoms with E-state index < -0.39 is 0 Å². The van der Waals surface area contributed by atoms with Crippen LogP contribution in [0.2, 0.25) is 0 Å². The van der Waals surface area contributed by atoms with E-state index in [0.717, 1.165) is 55.3 Å². The van der Waals surface area contributed by atoms with Gasteiger partial charge >= 0.3 is 0 Å². The van der Waals surface area contributed by atoms with Crippen LogP contribution in [0.3, 0.4) is 0 Å². The lowest BCUT2D eigenvalue weighted by Crippen LogP contribution is -2.48. The molecule has 2 aromatic heterocycles. The molecule has 0 atom stereocenters. The van der Waals surface area contributed by atoms with Crippen molar-refractivity contribution in [2.24, 2.45) is 7.05 Å². The number of aromatic nitrogens is 2. The van der Waals surface area contributed by atoms with Crippen molar-refractivity contribution in [2.45, 2.75) is 33.2 Å². The monoisotopic (exact) mass is 358 g/mol. The van der Waals surface area contributed by atoms with Crippen LogP contribution in [0.15, 0.2) is 27.6 Å². The van der Waals surface area contributed by atoms with E-state index in [1.54, 1.807) is 17.7 Å². The van der Waals surface area contributed by atoms with Crippen molar-refractivity contribution >= 4 is 5.91 Å². The Hall–Kier alpha value is -2.41. The summed E-state index contributed by atoms with van der Waals surface area (Å²) in [5.41, 5.74) is 3.04. The molecule has 140 valence electrons. The molecule has 7 heteroatoms. The Labute approximate surface area is 153 Å². The largest absolute Gasteiger partial charge is 0.361 e. The molecule has 0 saturated carbocycles. The highest BCUT2D eigenvalue weighted by Crippen LogP contribution is 2.16. The number of piperazine rings is 1. The summed E-state index contributed by atoms with van der Waals surface area (Å²) in [6, 6.07) is 3.48. The van der Waals surface area contributed by atoms with Gasteiger partial charge < -0.3 is 14.0 Å². The van der Waals surface area contributed by atoms with E-state index in [1.807, 2.05) is 31.0 Å². The zero-order valence-electron chi connectivity index (χ0n) is 15.7. The quantitative estimate of drug-likeness (QED) is 0.805. The second kappa shape index (κ2) is 7.86. The van der Waals surface area contributed by atoms with Crippen LogP contribution >= 0.6 is 0 Å². The molecule has 26 heavy (non-hydrogen) atoms. The molecule has 0 aromatic carbocycles. The average molecular weight is 358 g/mol. The summed E-state index contributed by atoms with van der Waals surface area (Å²) < 4.78 is 6.76. The topological polar surface area (TPSA) is 71.6 Å². The molecule has 1 aliphatic rings. The second-order valence-electron chi connectivity index (χ2n) is 6.95. The van der Waals surface area contributed by atoms with E-state index in [0.29, 0.717) is 12.8 Å². The Morgan fingerprint density at radius 2 is 1.92 bits per heavy atom. The lowest BCUT2D eigenvalue weighted by atomic mass is 10.1. The Balaban J connectivity index is 1.47. The molecular weight excluding hydrogens is 332 g/mol. The van der Waals surface area contributed by atoms with Crippen molar-refractivity contribution < 1.29 is 9.32 Å². The third-order valence-electron chi connectivity index (χ3n) is 5.05. The van der Waals surface area contributed by atoms with Gasteiger partial charge in [-0.15, -0.1) is 0 Å². The maximum atomic E-state index is 12.5. The number of carbonyl (C=O) groups excluding carboxylic acids is 1. The van der Waals surface area contributed by atoms with Gasteiger partial charge in [0.2, 0.25) is 11.5 Å². The first kappa shape index (κ1) is 18.4. The maximum Gasteiger partial charge on any atom is 0.250 e. The van der Waals surface area contributed by atoms with Gasteiger partial charge in [0.05, 0.1) is 5.69 Å². The number of aryl methyl sites for hydroxylation is 3. The fourth-order valence-corrected chi connectivity index (χ4v) is 3.41. The molecular formula is C19H26N4O3. The molecule has 0 bridgehead atoms. The van der Waals surface area contributed by atoms with E-state index in [1.165, 1.54) is 0 Å². The Morgan fingerprint density at radius 1 is 1.19 bits per heavy atom. The summed E-state index contributed by atoms with van der Waals surface area (Å²) in [5, 5.41) is 3.94. The van der Waals surface area contributed by atoms with Gasteiger partial charge in [-0.1, -0.05) is 11.2 Å². The molecule has 1 amide bonds. The van der Waals surface area contributed by atoms with Crippen molar-refractivity contribution in [3.63, 3.8) is 0 Å². The molecule has 1 fully saturated rings. The SMILES string of the molecule is Cc1noc(C)c1CCC(=O)N1CCN(Cc2ccc(=O)n(C)c2)CC1. The first-order valence-electron chi connectivity index (χ1n) is 9.01. The number of carbonyl (C=O) groups is 1. The highest BCUT2D eigenvalue weighted by atomic mass is 16.5. The molecule has 2 aromatic rings. The molecule has 0 unspecified atom stereocenters. The molecule has 1 saturated heterocycles. The van der Waals surface area contributed by atoms with Crippen molar-refractivity contribution in [3.8, 4) is 0 Å². The fraction of sp³-hybridized carbons (Fsp3) is 0.526. The van der Waals surface area contributed by atoms with Crippen LogP contribution in [0.4, 0.5) is 0 Å². The summed E-state index contributed by atoms with van der Waals surface area (Å²) in [5.74, 6) is 0.990. The molecule has 0 N–H and O–H groups in total. The van der Waals surface area contributed by atoms with Gasteiger partial charge in [0.1, 0.15) is 5.76 Å². The van der Waals surface area contributed by atoms with E-state index in [4.69, 9.17) is 4.52 Å². The van der Waals surface area contributed by atoms with Gasteiger partial charge in [-0.05, 0) is 25.8 Å². The van der Waals surface area contributed by atoms with Crippen LogP contribution in [-0.4, -0.2) is 51.6 Å². The van der Waals surface area contributed by atoms with Crippen LogP contribution in [0.1, 0.15) is 29.0 Å². The Bertz CT molecular complexity index is 812. The Morgan fingerprint density at radius 3 is 2.54 bits per heavy atom. The summed E-state index contributed by atoms with van der Waals surface area (Å²) in [6.07, 6.45) is 3.05. The highest BCUT2D eigenvalue weighted by Gasteiger charge is 2.22. The third-order valence-corrected chi connectivity index (χ3v) is 5.05. The van der Waals surface area contributed by atoms with Gasteiger partial charge in [0.15, 0.2) is 0 Å². The average Bonchev–Trinajstić information content (AvgIpc) is 2.95. The number of hydrogen-bond acceptors (Lipinski definition) is 5. The van der Waals surface area contributed by atoms with Crippen molar-refractivity contribution in [1.82, 2.24) is 19.5 Å². The number of rotatable bonds is 5. The molecule has 0 spiro atoms. The number of pyridine rings is 1. The van der Waals surface area contributed by atoms with Crippen LogP contribution in [0, 0.1) is 13.8 Å². The van der Waals surface area contributed by atoms with E-state index in [9.17, 15) is 9.59 Å². The first-order valence-corrected chi connectivity index (χ1v) is 9.01. The van der Waals surface area contributed by atoms with E-state index in [2.05, 4.69) is 10.1 Å². The predicted octanol–water partition coefficient (Wildman–Crippen LogP) is 1.27. The summed E-state index contributed by atoms with van der Waals surface area (Å²) in [4.78, 5) is 28.2. The zero-order chi connectivity index (χ0) is 18.7. The van der Waals surface area contributed by atoms with Gasteiger partial charge in [0.25, 0.3) is 0 Å². The van der Waals surface area contributed by atoms with Crippen LogP contribution in [0.25, 0.3) is 0 Å². The zero-order valence-corrected chi connectivity index (χ0v) is 15.7. The number of amides is 1. The lowest BCUT2D eigenvalue weighted by Gasteiger charge is -2.34. The smallest absolute Gasteiger partial charge is 0.250 e. The molecule has 3 heterocycles. The first-order chi connectivity index (χ1) is 12.4. The highest BCUT2D eigenvalue weighted by molar-refractivity contribution is 5.76. The molecule has 0 radical (unpaired) electrons.